The van der Waals surface area contributed by atoms with Crippen LogP contribution in [0.4, 0.5) is 11.6 Å². The molecule has 4 aromatic rings. The molecule has 2 aromatic carbocycles. The van der Waals surface area contributed by atoms with Gasteiger partial charge in [0.1, 0.15) is 5.75 Å². The monoisotopic (exact) mass is 344 g/mol. The number of hydrogen-bond donors (Lipinski definition) is 1. The molecule has 6 heteroatoms. The van der Waals surface area contributed by atoms with Gasteiger partial charge in [0.25, 0.3) is 5.56 Å². The van der Waals surface area contributed by atoms with Crippen LogP contribution < -0.4 is 15.6 Å². The summed E-state index contributed by atoms with van der Waals surface area (Å²) in [4.78, 5) is 22.0. The average molecular weight is 344 g/mol. The molecule has 0 radical (unpaired) electrons. The molecule has 0 unspecified atom stereocenters. The molecule has 0 bridgehead atoms. The number of pyridine rings is 1. The lowest BCUT2D eigenvalue weighted by Gasteiger charge is -2.15. The van der Waals surface area contributed by atoms with Crippen LogP contribution in [0.5, 0.6) is 5.75 Å². The van der Waals surface area contributed by atoms with Gasteiger partial charge in [-0.3, -0.25) is 9.78 Å². The van der Waals surface area contributed by atoms with Crippen LogP contribution in [0.3, 0.4) is 0 Å². The number of nitrogens with one attached hydrogen (secondary N) is 1. The Hall–Kier alpha value is -3.67. The smallest absolute Gasteiger partial charge is 0.267 e. The summed E-state index contributed by atoms with van der Waals surface area (Å²) in [6, 6.07) is 18.3. The van der Waals surface area contributed by atoms with E-state index in [4.69, 9.17) is 4.74 Å². The molecule has 6 nitrogen and oxygen atoms in total. The van der Waals surface area contributed by atoms with Crippen molar-refractivity contribution in [2.75, 3.05) is 12.4 Å². The van der Waals surface area contributed by atoms with E-state index < -0.39 is 0 Å². The fourth-order valence-corrected chi connectivity index (χ4v) is 2.76. The van der Waals surface area contributed by atoms with Gasteiger partial charge >= 0.3 is 0 Å². The Labute approximate surface area is 149 Å². The fraction of sp³-hybridized carbons (Fsp3) is 0.0500. The molecular weight excluding hydrogens is 328 g/mol. The first-order valence-electron chi connectivity index (χ1n) is 8.09. The van der Waals surface area contributed by atoms with Gasteiger partial charge in [0, 0.05) is 6.20 Å². The number of rotatable bonds is 4. The van der Waals surface area contributed by atoms with Crippen molar-refractivity contribution in [2.45, 2.75) is 0 Å². The standard InChI is InChI=1S/C20H16N4O2/c1-26-16-9-10-18-17(12-16)19(25)24(15-7-3-2-4-8-15)20(23-18)22-14-6-5-11-21-13-14/h2-13H,1H3,(H,22,23). The number of anilines is 2. The lowest BCUT2D eigenvalue weighted by Crippen LogP contribution is -2.22. The Morgan fingerprint density at radius 2 is 1.88 bits per heavy atom. The van der Waals surface area contributed by atoms with E-state index >= 15 is 0 Å². The first-order valence-corrected chi connectivity index (χ1v) is 8.09. The van der Waals surface area contributed by atoms with Crippen molar-refractivity contribution in [1.82, 2.24) is 14.5 Å². The Morgan fingerprint density at radius 3 is 2.62 bits per heavy atom. The molecule has 128 valence electrons. The molecule has 0 spiro atoms. The summed E-state index contributed by atoms with van der Waals surface area (Å²) in [7, 11) is 1.57. The molecule has 26 heavy (non-hydrogen) atoms. The lowest BCUT2D eigenvalue weighted by molar-refractivity contribution is 0.415. The van der Waals surface area contributed by atoms with E-state index in [-0.39, 0.29) is 5.56 Å². The second-order valence-electron chi connectivity index (χ2n) is 5.66. The maximum absolute atomic E-state index is 13.2. The van der Waals surface area contributed by atoms with Gasteiger partial charge in [-0.25, -0.2) is 9.55 Å². The van der Waals surface area contributed by atoms with Gasteiger partial charge in [0.15, 0.2) is 0 Å². The number of para-hydroxylation sites is 1. The Balaban J connectivity index is 1.98. The molecule has 4 rings (SSSR count). The highest BCUT2D eigenvalue weighted by molar-refractivity contribution is 5.81. The van der Waals surface area contributed by atoms with Crippen LogP contribution in [0, 0.1) is 0 Å². The largest absolute Gasteiger partial charge is 0.497 e. The Morgan fingerprint density at radius 1 is 1.04 bits per heavy atom. The van der Waals surface area contributed by atoms with Gasteiger partial charge in [0.2, 0.25) is 5.95 Å². The van der Waals surface area contributed by atoms with E-state index in [1.54, 1.807) is 42.3 Å². The van der Waals surface area contributed by atoms with Gasteiger partial charge in [-0.1, -0.05) is 18.2 Å². The van der Waals surface area contributed by atoms with Gasteiger partial charge in [0.05, 0.1) is 35.6 Å². The molecule has 0 saturated heterocycles. The highest BCUT2D eigenvalue weighted by Gasteiger charge is 2.14. The summed E-state index contributed by atoms with van der Waals surface area (Å²) in [6.07, 6.45) is 3.37. The normalized spacial score (nSPS) is 10.7. The zero-order valence-corrected chi connectivity index (χ0v) is 14.1. The number of nitrogens with zero attached hydrogens (tertiary/aromatic N) is 3. The van der Waals surface area contributed by atoms with Crippen molar-refractivity contribution in [1.29, 1.82) is 0 Å². The first kappa shape index (κ1) is 15.8. The minimum Gasteiger partial charge on any atom is -0.497 e. The molecule has 2 heterocycles. The van der Waals surface area contributed by atoms with Crippen LogP contribution in [-0.2, 0) is 0 Å². The van der Waals surface area contributed by atoms with Crippen molar-refractivity contribution in [3.8, 4) is 11.4 Å². The summed E-state index contributed by atoms with van der Waals surface area (Å²) >= 11 is 0. The highest BCUT2D eigenvalue weighted by atomic mass is 16.5. The number of benzene rings is 2. The quantitative estimate of drug-likeness (QED) is 0.613. The van der Waals surface area contributed by atoms with Crippen molar-refractivity contribution in [2.24, 2.45) is 0 Å². The Kier molecular flexibility index (Phi) is 4.07. The Bertz CT molecular complexity index is 1110. The van der Waals surface area contributed by atoms with Crippen LogP contribution in [0.15, 0.2) is 77.9 Å². The van der Waals surface area contributed by atoms with Gasteiger partial charge in [-0.2, -0.15) is 0 Å². The van der Waals surface area contributed by atoms with E-state index in [2.05, 4.69) is 15.3 Å². The van der Waals surface area contributed by atoms with Gasteiger partial charge in [-0.15, -0.1) is 0 Å². The van der Waals surface area contributed by atoms with Crippen LogP contribution in [0.25, 0.3) is 16.6 Å². The molecule has 1 N–H and O–H groups in total. The zero-order chi connectivity index (χ0) is 17.9. The predicted octanol–water partition coefficient (Wildman–Crippen LogP) is 3.53. The van der Waals surface area contributed by atoms with E-state index in [0.717, 1.165) is 11.4 Å². The lowest BCUT2D eigenvalue weighted by atomic mass is 10.2. The number of ether oxygens (including phenoxy) is 1. The second kappa shape index (κ2) is 6.68. The molecule has 0 amide bonds. The number of aromatic nitrogens is 3. The van der Waals surface area contributed by atoms with E-state index in [1.807, 2.05) is 42.5 Å². The van der Waals surface area contributed by atoms with Crippen molar-refractivity contribution >= 4 is 22.5 Å². The summed E-state index contributed by atoms with van der Waals surface area (Å²) in [5.74, 6) is 1.04. The highest BCUT2D eigenvalue weighted by Crippen LogP contribution is 2.22. The van der Waals surface area contributed by atoms with E-state index in [9.17, 15) is 4.79 Å². The number of methoxy groups -OCH3 is 1. The summed E-state index contributed by atoms with van der Waals surface area (Å²) in [5.41, 5.74) is 1.89. The van der Waals surface area contributed by atoms with Crippen molar-refractivity contribution < 1.29 is 4.74 Å². The molecule has 0 saturated carbocycles. The van der Waals surface area contributed by atoms with Gasteiger partial charge in [-0.05, 0) is 42.5 Å². The second-order valence-corrected chi connectivity index (χ2v) is 5.66. The van der Waals surface area contributed by atoms with E-state index in [1.165, 1.54) is 0 Å². The first-order chi connectivity index (χ1) is 12.8. The summed E-state index contributed by atoms with van der Waals surface area (Å²) in [6.45, 7) is 0. The molecule has 0 aliphatic heterocycles. The molecule has 0 fully saturated rings. The van der Waals surface area contributed by atoms with E-state index in [0.29, 0.717) is 22.6 Å². The maximum Gasteiger partial charge on any atom is 0.267 e. The third kappa shape index (κ3) is 2.88. The van der Waals surface area contributed by atoms with Crippen molar-refractivity contribution in [3.05, 3.63) is 83.4 Å². The fourth-order valence-electron chi connectivity index (χ4n) is 2.76. The summed E-state index contributed by atoms with van der Waals surface area (Å²) < 4.78 is 6.80. The average Bonchev–Trinajstić information content (AvgIpc) is 2.69. The van der Waals surface area contributed by atoms with Crippen LogP contribution >= 0.6 is 0 Å². The minimum atomic E-state index is -0.175. The van der Waals surface area contributed by atoms with Crippen LogP contribution in [0.1, 0.15) is 0 Å². The van der Waals surface area contributed by atoms with Crippen LogP contribution in [-0.4, -0.2) is 21.6 Å². The minimum absolute atomic E-state index is 0.175. The molecular formula is C20H16N4O2. The summed E-state index contributed by atoms with van der Waals surface area (Å²) in [5, 5.41) is 3.68. The SMILES string of the molecule is COc1ccc2nc(Nc3cccnc3)n(-c3ccccc3)c(=O)c2c1. The topological polar surface area (TPSA) is 69.0 Å². The van der Waals surface area contributed by atoms with Crippen LogP contribution in [0.2, 0.25) is 0 Å². The molecule has 0 atom stereocenters. The molecule has 0 aliphatic carbocycles. The third-order valence-corrected chi connectivity index (χ3v) is 4.01. The molecule has 2 aromatic heterocycles. The predicted molar refractivity (Wildman–Crippen MR) is 101 cm³/mol. The maximum atomic E-state index is 13.2. The van der Waals surface area contributed by atoms with Crippen molar-refractivity contribution in [3.63, 3.8) is 0 Å². The third-order valence-electron chi connectivity index (χ3n) is 4.01. The number of hydrogen-bond acceptors (Lipinski definition) is 5. The zero-order valence-electron chi connectivity index (χ0n) is 14.1. The number of fused-ring (bicyclic) bond motifs is 1. The van der Waals surface area contributed by atoms with Gasteiger partial charge < -0.3 is 10.1 Å². The molecule has 0 aliphatic rings.